The molecule has 212 valence electrons. The standard InChI is InChI=1S/C30H23F6N3O2/c1-38-21-10-12-23(25(14-21)29(31,32)33)24-13-11-22(15-26(24)30(34,35)36)39-27(40)19-4-2-17(3-5-19)18-6-8-20(9-7-18)28(37)16-41-28/h2-15,38H,16,37H2,1H3,(H,39,40). The molecular formula is C30H23F6N3O2. The number of carbonyl (C=O) groups is 1. The van der Waals surface area contributed by atoms with Crippen molar-refractivity contribution in [3.63, 3.8) is 0 Å². The van der Waals surface area contributed by atoms with Crippen LogP contribution in [0.25, 0.3) is 22.3 Å². The van der Waals surface area contributed by atoms with Crippen LogP contribution in [-0.2, 0) is 22.8 Å². The van der Waals surface area contributed by atoms with Gasteiger partial charge in [-0.15, -0.1) is 0 Å². The summed E-state index contributed by atoms with van der Waals surface area (Å²) in [4.78, 5) is 12.8. The van der Waals surface area contributed by atoms with Gasteiger partial charge >= 0.3 is 12.4 Å². The molecule has 4 aromatic rings. The van der Waals surface area contributed by atoms with Gasteiger partial charge in [0.05, 0.1) is 17.7 Å². The molecule has 0 aromatic heterocycles. The van der Waals surface area contributed by atoms with Crippen molar-refractivity contribution in [2.75, 3.05) is 24.3 Å². The van der Waals surface area contributed by atoms with E-state index in [4.69, 9.17) is 10.5 Å². The van der Waals surface area contributed by atoms with E-state index in [1.807, 2.05) is 24.3 Å². The maximum absolute atomic E-state index is 14.0. The zero-order chi connectivity index (χ0) is 29.6. The van der Waals surface area contributed by atoms with E-state index in [1.54, 1.807) is 12.1 Å². The monoisotopic (exact) mass is 571 g/mol. The Morgan fingerprint density at radius 2 is 1.22 bits per heavy atom. The van der Waals surface area contributed by atoms with Crippen molar-refractivity contribution in [1.29, 1.82) is 0 Å². The van der Waals surface area contributed by atoms with Gasteiger partial charge in [0.2, 0.25) is 0 Å². The molecule has 1 unspecified atom stereocenters. The van der Waals surface area contributed by atoms with Gasteiger partial charge in [-0.1, -0.05) is 48.5 Å². The number of rotatable bonds is 6. The van der Waals surface area contributed by atoms with E-state index in [0.29, 0.717) is 12.7 Å². The van der Waals surface area contributed by atoms with Crippen LogP contribution in [0.5, 0.6) is 0 Å². The number of epoxide rings is 1. The van der Waals surface area contributed by atoms with E-state index in [-0.39, 0.29) is 16.9 Å². The van der Waals surface area contributed by atoms with Gasteiger partial charge in [0, 0.05) is 29.5 Å². The lowest BCUT2D eigenvalue weighted by atomic mass is 9.93. The van der Waals surface area contributed by atoms with Crippen LogP contribution in [-0.4, -0.2) is 19.6 Å². The zero-order valence-corrected chi connectivity index (χ0v) is 21.5. The van der Waals surface area contributed by atoms with E-state index in [1.165, 1.54) is 25.2 Å². The minimum atomic E-state index is -4.99. The van der Waals surface area contributed by atoms with Crippen LogP contribution in [0.4, 0.5) is 37.7 Å². The van der Waals surface area contributed by atoms with Gasteiger partial charge < -0.3 is 15.4 Å². The van der Waals surface area contributed by atoms with Crippen molar-refractivity contribution in [3.8, 4) is 22.3 Å². The molecule has 1 amide bonds. The number of ether oxygens (including phenoxy) is 1. The molecule has 1 atom stereocenters. The number of nitrogens with two attached hydrogens (primary N) is 1. The van der Waals surface area contributed by atoms with E-state index in [0.717, 1.165) is 41.0 Å². The molecule has 4 N–H and O–H groups in total. The Morgan fingerprint density at radius 1 is 0.756 bits per heavy atom. The van der Waals surface area contributed by atoms with Crippen molar-refractivity contribution in [3.05, 3.63) is 107 Å². The summed E-state index contributed by atoms with van der Waals surface area (Å²) >= 11 is 0. The average molecular weight is 572 g/mol. The van der Waals surface area contributed by atoms with Gasteiger partial charge in [-0.25, -0.2) is 0 Å². The Hall–Kier alpha value is -4.35. The first-order valence-electron chi connectivity index (χ1n) is 12.3. The lowest BCUT2D eigenvalue weighted by Gasteiger charge is -2.19. The third-order valence-electron chi connectivity index (χ3n) is 6.80. The molecule has 5 rings (SSSR count). The van der Waals surface area contributed by atoms with Crippen molar-refractivity contribution in [2.24, 2.45) is 5.73 Å². The number of nitrogens with one attached hydrogen (secondary N) is 2. The highest BCUT2D eigenvalue weighted by molar-refractivity contribution is 6.04. The molecular weight excluding hydrogens is 548 g/mol. The Balaban J connectivity index is 1.40. The Bertz CT molecular complexity index is 1590. The molecule has 1 saturated heterocycles. The summed E-state index contributed by atoms with van der Waals surface area (Å²) in [5, 5.41) is 4.96. The minimum absolute atomic E-state index is 0.0957. The number of benzene rings is 4. The van der Waals surface area contributed by atoms with Crippen LogP contribution in [0.15, 0.2) is 84.9 Å². The second-order valence-corrected chi connectivity index (χ2v) is 9.55. The fraction of sp³-hybridized carbons (Fsp3) is 0.167. The van der Waals surface area contributed by atoms with Gasteiger partial charge in [-0.2, -0.15) is 26.3 Å². The van der Waals surface area contributed by atoms with Crippen molar-refractivity contribution in [2.45, 2.75) is 18.1 Å². The van der Waals surface area contributed by atoms with Crippen molar-refractivity contribution in [1.82, 2.24) is 0 Å². The van der Waals surface area contributed by atoms with Crippen LogP contribution in [0.2, 0.25) is 0 Å². The SMILES string of the molecule is CNc1ccc(-c2ccc(NC(=O)c3ccc(-c4ccc(C5(N)CO5)cc4)cc3)cc2C(F)(F)F)c(C(F)(F)F)c1. The lowest BCUT2D eigenvalue weighted by molar-refractivity contribution is -0.139. The van der Waals surface area contributed by atoms with Gasteiger partial charge in [-0.3, -0.25) is 10.5 Å². The highest BCUT2D eigenvalue weighted by Gasteiger charge is 2.42. The van der Waals surface area contributed by atoms with E-state index >= 15 is 0 Å². The van der Waals surface area contributed by atoms with Crippen molar-refractivity contribution >= 4 is 17.3 Å². The van der Waals surface area contributed by atoms with Gasteiger partial charge in [0.1, 0.15) is 0 Å². The fourth-order valence-electron chi connectivity index (χ4n) is 4.47. The highest BCUT2D eigenvalue weighted by atomic mass is 19.4. The first kappa shape index (κ1) is 28.2. The zero-order valence-electron chi connectivity index (χ0n) is 21.5. The predicted octanol–water partition coefficient (Wildman–Crippen LogP) is 7.49. The summed E-state index contributed by atoms with van der Waals surface area (Å²) in [5.74, 6) is -0.682. The summed E-state index contributed by atoms with van der Waals surface area (Å²) in [6, 6.07) is 19.5. The van der Waals surface area contributed by atoms with Gasteiger partial charge in [-0.05, 0) is 58.7 Å². The van der Waals surface area contributed by atoms with Gasteiger partial charge in [0.25, 0.3) is 5.91 Å². The number of anilines is 2. The van der Waals surface area contributed by atoms with E-state index in [2.05, 4.69) is 10.6 Å². The van der Waals surface area contributed by atoms with Crippen LogP contribution < -0.4 is 16.4 Å². The topological polar surface area (TPSA) is 79.7 Å². The molecule has 0 radical (unpaired) electrons. The Labute approximate surface area is 230 Å². The minimum Gasteiger partial charge on any atom is -0.388 e. The molecule has 5 nitrogen and oxygen atoms in total. The normalized spacial score (nSPS) is 16.8. The molecule has 0 spiro atoms. The third-order valence-corrected chi connectivity index (χ3v) is 6.80. The maximum atomic E-state index is 14.0. The van der Waals surface area contributed by atoms with Gasteiger partial charge in [0.15, 0.2) is 5.72 Å². The summed E-state index contributed by atoms with van der Waals surface area (Å²) < 4.78 is 88.5. The molecule has 4 aromatic carbocycles. The second-order valence-electron chi connectivity index (χ2n) is 9.55. The number of alkyl halides is 6. The molecule has 11 heteroatoms. The predicted molar refractivity (Wildman–Crippen MR) is 143 cm³/mol. The summed E-state index contributed by atoms with van der Waals surface area (Å²) in [5.41, 5.74) is 3.99. The molecule has 0 saturated carbocycles. The summed E-state index contributed by atoms with van der Waals surface area (Å²) in [6.07, 6.45) is -9.89. The largest absolute Gasteiger partial charge is 0.417 e. The van der Waals surface area contributed by atoms with Crippen molar-refractivity contribution < 1.29 is 35.9 Å². The molecule has 1 aliphatic rings. The first-order chi connectivity index (χ1) is 19.3. The molecule has 0 aliphatic carbocycles. The van der Waals surface area contributed by atoms with Crippen LogP contribution in [0.1, 0.15) is 27.0 Å². The molecule has 0 bridgehead atoms. The van der Waals surface area contributed by atoms with Crippen LogP contribution >= 0.6 is 0 Å². The molecule has 41 heavy (non-hydrogen) atoms. The molecule has 1 heterocycles. The maximum Gasteiger partial charge on any atom is 0.417 e. The highest BCUT2D eigenvalue weighted by Crippen LogP contribution is 2.44. The number of halogens is 6. The van der Waals surface area contributed by atoms with Crippen LogP contribution in [0.3, 0.4) is 0 Å². The van der Waals surface area contributed by atoms with Crippen LogP contribution in [0, 0.1) is 0 Å². The number of hydrogen-bond donors (Lipinski definition) is 3. The third kappa shape index (κ3) is 5.91. The Morgan fingerprint density at radius 3 is 1.68 bits per heavy atom. The number of amides is 1. The first-order valence-corrected chi connectivity index (χ1v) is 12.3. The smallest absolute Gasteiger partial charge is 0.388 e. The quantitative estimate of drug-likeness (QED) is 0.166. The van der Waals surface area contributed by atoms with E-state index < -0.39 is 46.2 Å². The second kappa shape index (κ2) is 10.2. The summed E-state index contributed by atoms with van der Waals surface area (Å²) in [6.45, 7) is 0.446. The number of hydrogen-bond acceptors (Lipinski definition) is 4. The average Bonchev–Trinajstić information content (AvgIpc) is 3.70. The lowest BCUT2D eigenvalue weighted by Crippen LogP contribution is -2.20. The fourth-order valence-corrected chi connectivity index (χ4v) is 4.47. The number of carbonyl (C=O) groups excluding carboxylic acids is 1. The Kier molecular flexibility index (Phi) is 7.04. The summed E-state index contributed by atoms with van der Waals surface area (Å²) in [7, 11) is 1.40. The van der Waals surface area contributed by atoms with E-state index in [9.17, 15) is 31.1 Å². The molecule has 1 aliphatic heterocycles. The molecule has 1 fully saturated rings.